The summed E-state index contributed by atoms with van der Waals surface area (Å²) in [6.07, 6.45) is 9.07. The zero-order chi connectivity index (χ0) is 28.2. The van der Waals surface area contributed by atoms with E-state index < -0.39 is 5.97 Å². The molecule has 4 aliphatic rings. The van der Waals surface area contributed by atoms with Gasteiger partial charge >= 0.3 is 5.97 Å². The molecular formula is C33H37N3O5. The third-order valence-electron chi connectivity index (χ3n) is 8.97. The molecule has 41 heavy (non-hydrogen) atoms. The number of rotatable bonds is 11. The van der Waals surface area contributed by atoms with Gasteiger partial charge in [0.2, 0.25) is 11.8 Å². The molecule has 0 spiro atoms. The Morgan fingerprint density at radius 2 is 1.73 bits per heavy atom. The molecule has 1 aromatic heterocycles. The minimum atomic E-state index is -1.02. The maximum absolute atomic E-state index is 12.9. The van der Waals surface area contributed by atoms with Gasteiger partial charge in [-0.05, 0) is 80.7 Å². The van der Waals surface area contributed by atoms with Crippen LogP contribution in [0.1, 0.15) is 60.9 Å². The van der Waals surface area contributed by atoms with Crippen molar-refractivity contribution < 1.29 is 24.2 Å². The number of aromatic nitrogens is 1. The number of nitrogens with one attached hydrogen (secondary N) is 2. The predicted octanol–water partition coefficient (Wildman–Crippen LogP) is 6.18. The Kier molecular flexibility index (Phi) is 7.92. The van der Waals surface area contributed by atoms with Gasteiger partial charge in [0.15, 0.2) is 0 Å². The van der Waals surface area contributed by atoms with Crippen LogP contribution < -0.4 is 15.4 Å². The second-order valence-electron chi connectivity index (χ2n) is 11.8. The molecule has 8 heteroatoms. The van der Waals surface area contributed by atoms with Crippen molar-refractivity contribution in [3.05, 3.63) is 71.8 Å². The van der Waals surface area contributed by atoms with Gasteiger partial charge in [0, 0.05) is 30.2 Å². The fraction of sp³-hybridized carbons (Fsp3) is 0.424. The smallest absolute Gasteiger partial charge is 0.335 e. The van der Waals surface area contributed by atoms with E-state index in [2.05, 4.69) is 10.6 Å². The highest BCUT2D eigenvalue weighted by Crippen LogP contribution is 2.50. The van der Waals surface area contributed by atoms with Crippen LogP contribution in [-0.4, -0.2) is 47.8 Å². The molecule has 0 unspecified atom stereocenters. The van der Waals surface area contributed by atoms with Crippen LogP contribution in [0, 0.1) is 11.3 Å². The number of hydrogen-bond donors (Lipinski definition) is 3. The summed E-state index contributed by atoms with van der Waals surface area (Å²) in [5, 5.41) is 15.5. The molecule has 1 atom stereocenters. The van der Waals surface area contributed by atoms with Crippen LogP contribution in [0.4, 0.5) is 11.4 Å². The minimum absolute atomic E-state index is 0.0962. The molecule has 3 aliphatic carbocycles. The van der Waals surface area contributed by atoms with E-state index >= 15 is 0 Å². The number of hydrogen-bond acceptors (Lipinski definition) is 6. The summed E-state index contributed by atoms with van der Waals surface area (Å²) in [6.45, 7) is 2.03. The van der Waals surface area contributed by atoms with Crippen LogP contribution in [0.5, 0.6) is 5.88 Å². The Bertz CT molecular complexity index is 1380. The van der Waals surface area contributed by atoms with Gasteiger partial charge in [-0.1, -0.05) is 30.3 Å². The molecule has 2 bridgehead atoms. The lowest BCUT2D eigenvalue weighted by molar-refractivity contribution is -0.115. The van der Waals surface area contributed by atoms with Crippen LogP contribution in [0.25, 0.3) is 11.3 Å². The summed E-state index contributed by atoms with van der Waals surface area (Å²) in [6, 6.07) is 18.3. The molecule has 4 fully saturated rings. The summed E-state index contributed by atoms with van der Waals surface area (Å²) < 4.78 is 11.7. The predicted molar refractivity (Wildman–Crippen MR) is 157 cm³/mol. The Morgan fingerprint density at radius 1 is 0.976 bits per heavy atom. The first kappa shape index (κ1) is 27.3. The number of fused-ring (bicyclic) bond motifs is 3. The van der Waals surface area contributed by atoms with E-state index in [1.165, 1.54) is 50.7 Å². The fourth-order valence-corrected chi connectivity index (χ4v) is 6.21. The second kappa shape index (κ2) is 11.9. The molecule has 214 valence electrons. The quantitative estimate of drug-likeness (QED) is 0.259. The molecule has 3 aromatic rings. The van der Waals surface area contributed by atoms with Crippen LogP contribution >= 0.6 is 0 Å². The maximum Gasteiger partial charge on any atom is 0.335 e. The normalized spacial score (nSPS) is 22.9. The van der Waals surface area contributed by atoms with E-state index in [4.69, 9.17) is 14.5 Å². The molecule has 8 nitrogen and oxygen atoms in total. The Morgan fingerprint density at radius 3 is 2.41 bits per heavy atom. The van der Waals surface area contributed by atoms with Crippen LogP contribution in [0.2, 0.25) is 0 Å². The van der Waals surface area contributed by atoms with Crippen molar-refractivity contribution in [2.24, 2.45) is 11.3 Å². The van der Waals surface area contributed by atoms with Gasteiger partial charge < -0.3 is 25.2 Å². The highest BCUT2D eigenvalue weighted by Gasteiger charge is 2.41. The first-order chi connectivity index (χ1) is 19.9. The highest BCUT2D eigenvalue weighted by atomic mass is 16.5. The van der Waals surface area contributed by atoms with Gasteiger partial charge in [-0.3, -0.25) is 4.79 Å². The topological polar surface area (TPSA) is 110 Å². The lowest BCUT2D eigenvalue weighted by atomic mass is 9.61. The molecule has 7 rings (SSSR count). The zero-order valence-corrected chi connectivity index (χ0v) is 23.2. The number of aromatic carboxylic acids is 1. The van der Waals surface area contributed by atoms with E-state index in [1.807, 2.05) is 42.5 Å². The standard InChI is InChI=1S/C33H37N3O5/c37-30(35-28-9-8-25(32(38)39)19-29(28)34-20-26-13-17-40-26)18-23-4-6-24(7-5-23)27-2-1-3-31(36-27)41-21-33-14-10-22(11-15-33)12-16-33/h1-9,19,22,26,34H,10-18,20-21H2,(H,35,37)(H,38,39)/t22?,26-,33?/m0/s1. The molecule has 3 saturated carbocycles. The molecule has 0 radical (unpaired) electrons. The van der Waals surface area contributed by atoms with Gasteiger partial charge in [-0.2, -0.15) is 0 Å². The van der Waals surface area contributed by atoms with Crippen molar-refractivity contribution in [1.29, 1.82) is 0 Å². The van der Waals surface area contributed by atoms with Crippen molar-refractivity contribution in [3.8, 4) is 17.1 Å². The molecule has 2 aromatic carbocycles. The number of carbonyl (C=O) groups excluding carboxylic acids is 1. The largest absolute Gasteiger partial charge is 0.478 e. The molecule has 1 aliphatic heterocycles. The van der Waals surface area contributed by atoms with Gasteiger partial charge in [-0.15, -0.1) is 0 Å². The molecular weight excluding hydrogens is 518 g/mol. The number of amides is 1. The highest BCUT2D eigenvalue weighted by molar-refractivity contribution is 5.97. The SMILES string of the molecule is O=C(Cc1ccc(-c2cccc(OCC34CCC(CC3)CC4)n2)cc1)Nc1ccc(C(=O)O)cc1NC[C@@H]1CCO1. The number of ether oxygens (including phenoxy) is 2. The number of nitrogens with zero attached hydrogens (tertiary/aromatic N) is 1. The van der Waals surface area contributed by atoms with Gasteiger partial charge in [0.1, 0.15) is 0 Å². The Hall–Kier alpha value is -3.91. The zero-order valence-electron chi connectivity index (χ0n) is 23.2. The van der Waals surface area contributed by atoms with Crippen LogP contribution in [-0.2, 0) is 16.0 Å². The van der Waals surface area contributed by atoms with Crippen molar-refractivity contribution >= 4 is 23.3 Å². The van der Waals surface area contributed by atoms with Crippen LogP contribution in [0.15, 0.2) is 60.7 Å². The Balaban J connectivity index is 1.06. The summed E-state index contributed by atoms with van der Waals surface area (Å²) in [7, 11) is 0. The fourth-order valence-electron chi connectivity index (χ4n) is 6.21. The third kappa shape index (κ3) is 6.54. The summed E-state index contributed by atoms with van der Waals surface area (Å²) >= 11 is 0. The molecule has 1 saturated heterocycles. The van der Waals surface area contributed by atoms with E-state index in [0.29, 0.717) is 29.2 Å². The third-order valence-corrected chi connectivity index (χ3v) is 8.97. The van der Waals surface area contributed by atoms with E-state index in [-0.39, 0.29) is 24.0 Å². The van der Waals surface area contributed by atoms with Gasteiger partial charge in [0.05, 0.1) is 41.8 Å². The molecule has 2 heterocycles. The number of carboxylic acids is 1. The molecule has 1 amide bonds. The number of benzene rings is 2. The average Bonchev–Trinajstić information content (AvgIpc) is 2.97. The number of carboxylic acid groups (broad SMARTS) is 1. The van der Waals surface area contributed by atoms with Crippen molar-refractivity contribution in [1.82, 2.24) is 4.98 Å². The number of carbonyl (C=O) groups is 2. The second-order valence-corrected chi connectivity index (χ2v) is 11.8. The monoisotopic (exact) mass is 555 g/mol. The minimum Gasteiger partial charge on any atom is -0.478 e. The van der Waals surface area contributed by atoms with Crippen molar-refractivity contribution in [3.63, 3.8) is 0 Å². The van der Waals surface area contributed by atoms with Gasteiger partial charge in [-0.25, -0.2) is 9.78 Å². The first-order valence-corrected chi connectivity index (χ1v) is 14.7. The summed E-state index contributed by atoms with van der Waals surface area (Å²) in [5.41, 5.74) is 4.25. The van der Waals surface area contributed by atoms with E-state index in [9.17, 15) is 14.7 Å². The van der Waals surface area contributed by atoms with Crippen molar-refractivity contribution in [2.75, 3.05) is 30.4 Å². The maximum atomic E-state index is 12.9. The lowest BCUT2D eigenvalue weighted by Gasteiger charge is -2.46. The Labute approximate surface area is 240 Å². The number of pyridine rings is 1. The van der Waals surface area contributed by atoms with E-state index in [1.54, 1.807) is 6.07 Å². The summed E-state index contributed by atoms with van der Waals surface area (Å²) in [5.74, 6) is 0.390. The average molecular weight is 556 g/mol. The van der Waals surface area contributed by atoms with Crippen LogP contribution in [0.3, 0.4) is 0 Å². The number of anilines is 2. The van der Waals surface area contributed by atoms with Gasteiger partial charge in [0.25, 0.3) is 0 Å². The van der Waals surface area contributed by atoms with Crippen molar-refractivity contribution in [2.45, 2.75) is 57.5 Å². The van der Waals surface area contributed by atoms with E-state index in [0.717, 1.165) is 42.4 Å². The first-order valence-electron chi connectivity index (χ1n) is 14.7. The lowest BCUT2D eigenvalue weighted by Crippen LogP contribution is -2.38. The molecule has 3 N–H and O–H groups in total. The summed E-state index contributed by atoms with van der Waals surface area (Å²) in [4.78, 5) is 29.1.